The van der Waals surface area contributed by atoms with Gasteiger partial charge < -0.3 is 15.3 Å². The summed E-state index contributed by atoms with van der Waals surface area (Å²) in [5, 5.41) is 12.7. The van der Waals surface area contributed by atoms with Crippen molar-refractivity contribution in [2.45, 2.75) is 38.3 Å². The molecule has 0 aromatic heterocycles. The topological polar surface area (TPSA) is 86.7 Å². The van der Waals surface area contributed by atoms with Gasteiger partial charge >= 0.3 is 5.97 Å². The number of nitrogens with zero attached hydrogens (tertiary/aromatic N) is 1. The molecule has 206 valence electrons. The fourth-order valence-corrected chi connectivity index (χ4v) is 5.96. The molecule has 0 radical (unpaired) electrons. The highest BCUT2D eigenvalue weighted by Crippen LogP contribution is 2.47. The van der Waals surface area contributed by atoms with Gasteiger partial charge in [0.05, 0.1) is 12.0 Å². The van der Waals surface area contributed by atoms with Crippen molar-refractivity contribution in [3.8, 4) is 11.1 Å². The number of carbonyl (C=O) groups is 3. The van der Waals surface area contributed by atoms with E-state index in [1.165, 1.54) is 5.56 Å². The van der Waals surface area contributed by atoms with E-state index in [4.69, 9.17) is 0 Å². The van der Waals surface area contributed by atoms with Crippen LogP contribution in [0.1, 0.15) is 50.5 Å². The molecule has 1 fully saturated rings. The molecule has 1 saturated carbocycles. The Morgan fingerprint density at radius 2 is 1.61 bits per heavy atom. The van der Waals surface area contributed by atoms with Crippen LogP contribution in [0.4, 0.5) is 0 Å². The minimum Gasteiger partial charge on any atom is -0.478 e. The minimum atomic E-state index is -0.966. The number of benzene rings is 4. The Kier molecular flexibility index (Phi) is 7.38. The normalized spacial score (nSPS) is 17.4. The van der Waals surface area contributed by atoms with Gasteiger partial charge in [-0.05, 0) is 69.8 Å². The molecule has 2 atom stereocenters. The van der Waals surface area contributed by atoms with E-state index in [2.05, 4.69) is 17.4 Å². The van der Waals surface area contributed by atoms with Crippen LogP contribution in [0.2, 0.25) is 0 Å². The van der Waals surface area contributed by atoms with Crippen LogP contribution in [0.5, 0.6) is 0 Å². The van der Waals surface area contributed by atoms with Crippen molar-refractivity contribution in [3.05, 3.63) is 130 Å². The van der Waals surface area contributed by atoms with E-state index >= 15 is 0 Å². The van der Waals surface area contributed by atoms with Crippen molar-refractivity contribution < 1.29 is 19.5 Å². The highest BCUT2D eigenvalue weighted by molar-refractivity contribution is 5.90. The van der Waals surface area contributed by atoms with Crippen molar-refractivity contribution in [2.75, 3.05) is 6.54 Å². The van der Waals surface area contributed by atoms with Gasteiger partial charge in [-0.3, -0.25) is 9.59 Å². The lowest BCUT2D eigenvalue weighted by molar-refractivity contribution is -0.131. The minimum absolute atomic E-state index is 0.0183. The van der Waals surface area contributed by atoms with Crippen LogP contribution in [0.15, 0.2) is 97.1 Å². The van der Waals surface area contributed by atoms with Gasteiger partial charge in [-0.25, -0.2) is 4.79 Å². The summed E-state index contributed by atoms with van der Waals surface area (Å²) in [4.78, 5) is 39.9. The maximum Gasteiger partial charge on any atom is 0.335 e. The largest absolute Gasteiger partial charge is 0.478 e. The number of rotatable bonds is 8. The second kappa shape index (κ2) is 11.4. The fraction of sp³-hybridized carbons (Fsp3) is 0.229. The van der Waals surface area contributed by atoms with Crippen LogP contribution in [0, 0.1) is 5.92 Å². The summed E-state index contributed by atoms with van der Waals surface area (Å²) in [6.45, 7) is 1.42. The molecular weight excluding hydrogens is 512 g/mol. The zero-order valence-electron chi connectivity index (χ0n) is 22.8. The number of aromatic carboxylic acids is 1. The third kappa shape index (κ3) is 5.78. The smallest absolute Gasteiger partial charge is 0.335 e. The monoisotopic (exact) mass is 544 g/mol. The zero-order chi connectivity index (χ0) is 28.3. The molecule has 2 N–H and O–H groups in total. The summed E-state index contributed by atoms with van der Waals surface area (Å²) >= 11 is 0. The number of fused-ring (bicyclic) bond motifs is 1. The maximum atomic E-state index is 13.3. The van der Waals surface area contributed by atoms with Gasteiger partial charge in [-0.1, -0.05) is 84.9 Å². The molecule has 0 spiro atoms. The molecule has 0 saturated heterocycles. The Hall–Kier alpha value is -4.71. The van der Waals surface area contributed by atoms with Crippen LogP contribution in [0.3, 0.4) is 0 Å². The first-order valence-corrected chi connectivity index (χ1v) is 14.1. The van der Waals surface area contributed by atoms with Crippen LogP contribution in [-0.4, -0.2) is 34.3 Å². The molecule has 6 rings (SSSR count). The van der Waals surface area contributed by atoms with E-state index in [9.17, 15) is 19.5 Å². The van der Waals surface area contributed by atoms with Gasteiger partial charge in [-0.15, -0.1) is 0 Å². The van der Waals surface area contributed by atoms with Gasteiger partial charge in [0.1, 0.15) is 0 Å². The van der Waals surface area contributed by atoms with Gasteiger partial charge in [0.2, 0.25) is 11.8 Å². The Balaban J connectivity index is 1.25. The molecule has 1 aliphatic heterocycles. The van der Waals surface area contributed by atoms with Crippen LogP contribution < -0.4 is 5.32 Å². The third-order valence-corrected chi connectivity index (χ3v) is 8.29. The number of amides is 2. The Bertz CT molecular complexity index is 1600. The maximum absolute atomic E-state index is 13.3. The van der Waals surface area contributed by atoms with Crippen LogP contribution in [0.25, 0.3) is 11.1 Å². The van der Waals surface area contributed by atoms with Gasteiger partial charge in [0, 0.05) is 25.6 Å². The van der Waals surface area contributed by atoms with Crippen molar-refractivity contribution >= 4 is 17.8 Å². The summed E-state index contributed by atoms with van der Waals surface area (Å²) in [5.74, 6) is -0.598. The molecular formula is C35H32N2O4. The van der Waals surface area contributed by atoms with Crippen molar-refractivity contribution in [1.29, 1.82) is 0 Å². The molecule has 1 aliphatic carbocycles. The van der Waals surface area contributed by atoms with Crippen molar-refractivity contribution in [3.63, 3.8) is 0 Å². The third-order valence-electron chi connectivity index (χ3n) is 8.29. The molecule has 2 amide bonds. The molecule has 6 heteroatoms. The lowest BCUT2D eigenvalue weighted by Crippen LogP contribution is -2.38. The highest BCUT2D eigenvalue weighted by Gasteiger charge is 2.43. The summed E-state index contributed by atoms with van der Waals surface area (Å²) in [5.41, 5.74) is 7.35. The molecule has 0 unspecified atom stereocenters. The molecule has 0 bridgehead atoms. The van der Waals surface area contributed by atoms with E-state index in [-0.39, 0.29) is 29.2 Å². The molecule has 4 aromatic carbocycles. The van der Waals surface area contributed by atoms with Gasteiger partial charge in [-0.2, -0.15) is 0 Å². The first-order chi connectivity index (χ1) is 20.0. The number of carboxylic acids is 1. The summed E-state index contributed by atoms with van der Waals surface area (Å²) in [6, 6.07) is 30.9. The Labute approximate surface area is 239 Å². The lowest BCUT2D eigenvalue weighted by atomic mass is 9.87. The van der Waals surface area contributed by atoms with Crippen LogP contribution in [-0.2, 0) is 35.5 Å². The second-order valence-electron chi connectivity index (χ2n) is 10.9. The number of hydrogen-bond donors (Lipinski definition) is 2. The number of hydrogen-bond acceptors (Lipinski definition) is 3. The fourth-order valence-electron chi connectivity index (χ4n) is 5.96. The number of carboxylic acid groups (broad SMARTS) is 1. The van der Waals surface area contributed by atoms with E-state index in [0.717, 1.165) is 39.8 Å². The van der Waals surface area contributed by atoms with E-state index in [1.54, 1.807) is 18.2 Å². The molecule has 1 heterocycles. The standard InChI is InChI=1S/C35H32N2O4/c38-33(18-23-8-3-1-4-9-23)37-17-16-29-28(25-12-7-13-26(19-25)35(40)41)15-14-27(32(29)22-37)21-36-34(39)31-20-30(31)24-10-5-2-6-11-24/h1-15,19,30-31H,16-18,20-22H2,(H,36,39)(H,40,41)/t30-,31-/m1/s1. The highest BCUT2D eigenvalue weighted by atomic mass is 16.4. The Morgan fingerprint density at radius 1 is 0.854 bits per heavy atom. The van der Waals surface area contributed by atoms with Crippen molar-refractivity contribution in [1.82, 2.24) is 10.2 Å². The predicted octanol–water partition coefficient (Wildman–Crippen LogP) is 5.60. The number of nitrogens with one attached hydrogen (secondary N) is 1. The Morgan fingerprint density at radius 3 is 2.37 bits per heavy atom. The molecule has 41 heavy (non-hydrogen) atoms. The zero-order valence-corrected chi connectivity index (χ0v) is 22.8. The molecule has 6 nitrogen and oxygen atoms in total. The molecule has 2 aliphatic rings. The average Bonchev–Trinajstić information content (AvgIpc) is 3.82. The van der Waals surface area contributed by atoms with Crippen LogP contribution >= 0.6 is 0 Å². The first kappa shape index (κ1) is 26.5. The number of carbonyl (C=O) groups excluding carboxylic acids is 2. The van der Waals surface area contributed by atoms with Gasteiger partial charge in [0.25, 0.3) is 0 Å². The predicted molar refractivity (Wildman–Crippen MR) is 157 cm³/mol. The summed E-state index contributed by atoms with van der Waals surface area (Å²) < 4.78 is 0. The van der Waals surface area contributed by atoms with E-state index in [1.807, 2.05) is 71.6 Å². The first-order valence-electron chi connectivity index (χ1n) is 14.1. The lowest BCUT2D eigenvalue weighted by Gasteiger charge is -2.32. The SMILES string of the molecule is O=C(O)c1cccc(-c2ccc(CNC(=O)[C@@H]3C[C@@H]3c3ccccc3)c3c2CCN(C(=O)Cc2ccccc2)C3)c1. The summed E-state index contributed by atoms with van der Waals surface area (Å²) in [6.07, 6.45) is 1.85. The van der Waals surface area contributed by atoms with Crippen molar-refractivity contribution in [2.24, 2.45) is 5.92 Å². The molecule has 4 aromatic rings. The quantitative estimate of drug-likeness (QED) is 0.302. The van der Waals surface area contributed by atoms with E-state index in [0.29, 0.717) is 32.5 Å². The van der Waals surface area contributed by atoms with Gasteiger partial charge in [0.15, 0.2) is 0 Å². The van der Waals surface area contributed by atoms with E-state index < -0.39 is 5.97 Å². The second-order valence-corrected chi connectivity index (χ2v) is 10.9. The summed E-state index contributed by atoms with van der Waals surface area (Å²) in [7, 11) is 0. The average molecular weight is 545 g/mol.